The molecular weight excluding hydrogens is 590 g/mol. The maximum atomic E-state index is 13.7. The normalized spacial score (nSPS) is 16.4. The highest BCUT2D eigenvalue weighted by Gasteiger charge is 2.30. The molecule has 5 rings (SSSR count). The summed E-state index contributed by atoms with van der Waals surface area (Å²) in [6, 6.07) is 12.1. The van der Waals surface area contributed by atoms with E-state index in [0.29, 0.717) is 51.0 Å². The second-order valence-corrected chi connectivity index (χ2v) is 12.2. The first-order chi connectivity index (χ1) is 22.0. The van der Waals surface area contributed by atoms with Crippen molar-refractivity contribution in [3.63, 3.8) is 0 Å². The molecule has 11 heteroatoms. The lowest BCUT2D eigenvalue weighted by Gasteiger charge is -2.33. The number of aromatic nitrogens is 1. The fourth-order valence-corrected chi connectivity index (χ4v) is 5.72. The van der Waals surface area contributed by atoms with Gasteiger partial charge in [0.25, 0.3) is 5.91 Å². The Kier molecular flexibility index (Phi) is 9.60. The molecule has 0 saturated heterocycles. The number of furan rings is 1. The van der Waals surface area contributed by atoms with E-state index in [0.717, 1.165) is 36.8 Å². The molecule has 1 fully saturated rings. The van der Waals surface area contributed by atoms with Crippen molar-refractivity contribution in [1.29, 1.82) is 0 Å². The average Bonchev–Trinajstić information content (AvgIpc) is 3.48. The molecule has 2 N–H and O–H groups in total. The molecule has 2 aromatic carbocycles. The largest absolute Gasteiger partial charge is 0.497 e. The van der Waals surface area contributed by atoms with E-state index in [-0.39, 0.29) is 18.0 Å². The Balaban J connectivity index is 1.45. The monoisotopic (exact) mass is 631 g/mol. The number of alkyl carbamates (subject to hydrolysis) is 1. The molecule has 0 unspecified atom stereocenters. The maximum absolute atomic E-state index is 13.7. The van der Waals surface area contributed by atoms with Gasteiger partial charge in [0.15, 0.2) is 17.1 Å². The molecular formula is C35H41N3O8. The smallest absolute Gasteiger partial charge is 0.407 e. The van der Waals surface area contributed by atoms with Crippen molar-refractivity contribution in [2.24, 2.45) is 0 Å². The van der Waals surface area contributed by atoms with E-state index in [1.54, 1.807) is 46.8 Å². The molecule has 2 heterocycles. The first-order valence-corrected chi connectivity index (χ1v) is 15.2. The molecule has 2 amide bonds. The van der Waals surface area contributed by atoms with Crippen molar-refractivity contribution < 1.29 is 37.7 Å². The number of amides is 2. The number of benzene rings is 2. The summed E-state index contributed by atoms with van der Waals surface area (Å²) in [7, 11) is 6.22. The number of pyridine rings is 1. The molecule has 2 atom stereocenters. The first kappa shape index (κ1) is 32.5. The van der Waals surface area contributed by atoms with Gasteiger partial charge < -0.3 is 38.7 Å². The summed E-state index contributed by atoms with van der Waals surface area (Å²) in [5, 5.41) is 6.10. The third-order valence-electron chi connectivity index (χ3n) is 7.86. The minimum Gasteiger partial charge on any atom is -0.497 e. The van der Waals surface area contributed by atoms with Gasteiger partial charge in [-0.2, -0.15) is 0 Å². The van der Waals surface area contributed by atoms with Crippen LogP contribution in [-0.4, -0.2) is 63.1 Å². The van der Waals surface area contributed by atoms with E-state index in [4.69, 9.17) is 28.1 Å². The van der Waals surface area contributed by atoms with Crippen LogP contribution in [0.1, 0.15) is 56.8 Å². The zero-order valence-electron chi connectivity index (χ0n) is 27.3. The fourth-order valence-electron chi connectivity index (χ4n) is 5.72. The van der Waals surface area contributed by atoms with Gasteiger partial charge in [0.1, 0.15) is 22.6 Å². The van der Waals surface area contributed by atoms with Gasteiger partial charge in [-0.25, -0.2) is 4.79 Å². The van der Waals surface area contributed by atoms with Crippen LogP contribution in [-0.2, 0) is 4.74 Å². The van der Waals surface area contributed by atoms with Gasteiger partial charge in [0.2, 0.25) is 5.75 Å². The van der Waals surface area contributed by atoms with Gasteiger partial charge >= 0.3 is 6.09 Å². The number of fused-ring (bicyclic) bond motifs is 1. The van der Waals surface area contributed by atoms with Crippen molar-refractivity contribution in [2.75, 3.05) is 28.4 Å². The Bertz CT molecular complexity index is 1700. The number of nitrogens with zero attached hydrogens (tertiary/aromatic N) is 1. The SMILES string of the molecule is COc1cc(C(=O)N[C@@H]2CCCC[C@@H]2NC(=O)OC(C)(C)C)cc(-c2ccnc3cc(-c4cc(OC)c(OC)c(OC)c4)oc23)c1. The summed E-state index contributed by atoms with van der Waals surface area (Å²) < 4.78 is 34.0. The summed E-state index contributed by atoms with van der Waals surface area (Å²) in [6.45, 7) is 5.46. The van der Waals surface area contributed by atoms with Crippen molar-refractivity contribution in [3.8, 4) is 45.4 Å². The fraction of sp³-hybridized carbons (Fsp3) is 0.400. The molecule has 4 aromatic rings. The number of rotatable bonds is 9. The van der Waals surface area contributed by atoms with Crippen LogP contribution in [0, 0.1) is 0 Å². The Morgan fingerprint density at radius 3 is 2.11 bits per heavy atom. The standard InChI is InChI=1S/C35H41N3O8/c1-35(2,3)46-34(40)38-26-11-9-8-10-25(26)37-33(39)22-14-20(15-23(16-22)41-4)24-12-13-36-27-19-28(45-31(24)27)21-17-29(42-5)32(44-7)30(18-21)43-6/h12-19,25-26H,8-11H2,1-7H3,(H,37,39)(H,38,40)/t25-,26+/m1/s1. The number of nitrogens with one attached hydrogen (secondary N) is 2. The zero-order chi connectivity index (χ0) is 33.0. The highest BCUT2D eigenvalue weighted by molar-refractivity contribution is 5.98. The van der Waals surface area contributed by atoms with Gasteiger partial charge in [-0.05, 0) is 75.6 Å². The molecule has 1 aliphatic carbocycles. The van der Waals surface area contributed by atoms with E-state index in [1.165, 1.54) is 0 Å². The number of carbonyl (C=O) groups excluding carboxylic acids is 2. The van der Waals surface area contributed by atoms with Crippen LogP contribution in [0.5, 0.6) is 23.0 Å². The molecule has 1 saturated carbocycles. The lowest BCUT2D eigenvalue weighted by Crippen LogP contribution is -2.53. The van der Waals surface area contributed by atoms with Crippen molar-refractivity contribution >= 4 is 23.1 Å². The van der Waals surface area contributed by atoms with Crippen LogP contribution in [0.25, 0.3) is 33.6 Å². The predicted molar refractivity (Wildman–Crippen MR) is 174 cm³/mol. The second-order valence-electron chi connectivity index (χ2n) is 12.2. The number of hydrogen-bond acceptors (Lipinski definition) is 9. The van der Waals surface area contributed by atoms with Crippen LogP contribution >= 0.6 is 0 Å². The summed E-state index contributed by atoms with van der Waals surface area (Å²) in [5.74, 6) is 2.26. The van der Waals surface area contributed by atoms with Gasteiger partial charge in [0.05, 0.1) is 34.5 Å². The summed E-state index contributed by atoms with van der Waals surface area (Å²) in [4.78, 5) is 30.7. The predicted octanol–water partition coefficient (Wildman–Crippen LogP) is 6.76. The molecule has 0 spiro atoms. The molecule has 0 aliphatic heterocycles. The quantitative estimate of drug-likeness (QED) is 0.206. The van der Waals surface area contributed by atoms with Gasteiger partial charge in [0, 0.05) is 35.0 Å². The van der Waals surface area contributed by atoms with E-state index >= 15 is 0 Å². The molecule has 244 valence electrons. The third-order valence-corrected chi connectivity index (χ3v) is 7.86. The second kappa shape index (κ2) is 13.6. The average molecular weight is 632 g/mol. The number of hydrogen-bond donors (Lipinski definition) is 2. The number of methoxy groups -OCH3 is 4. The Morgan fingerprint density at radius 1 is 0.826 bits per heavy atom. The summed E-state index contributed by atoms with van der Waals surface area (Å²) in [5.41, 5.74) is 3.14. The summed E-state index contributed by atoms with van der Waals surface area (Å²) in [6.07, 6.45) is 4.59. The van der Waals surface area contributed by atoms with E-state index < -0.39 is 11.7 Å². The van der Waals surface area contributed by atoms with Crippen LogP contribution in [0.2, 0.25) is 0 Å². The lowest BCUT2D eigenvalue weighted by atomic mass is 9.90. The number of carbonyl (C=O) groups is 2. The van der Waals surface area contributed by atoms with Crippen LogP contribution in [0.3, 0.4) is 0 Å². The zero-order valence-corrected chi connectivity index (χ0v) is 27.3. The topological polar surface area (TPSA) is 130 Å². The van der Waals surface area contributed by atoms with Crippen LogP contribution < -0.4 is 29.6 Å². The Labute approximate surface area is 268 Å². The highest BCUT2D eigenvalue weighted by Crippen LogP contribution is 2.43. The number of ether oxygens (including phenoxy) is 5. The Hall–Kier alpha value is -4.93. The van der Waals surface area contributed by atoms with Gasteiger partial charge in [-0.3, -0.25) is 9.78 Å². The molecule has 0 bridgehead atoms. The molecule has 0 radical (unpaired) electrons. The van der Waals surface area contributed by atoms with Crippen molar-refractivity contribution in [2.45, 2.75) is 64.1 Å². The van der Waals surface area contributed by atoms with Crippen LogP contribution in [0.15, 0.2) is 53.1 Å². The minimum absolute atomic E-state index is 0.241. The van der Waals surface area contributed by atoms with Crippen LogP contribution in [0.4, 0.5) is 4.79 Å². The highest BCUT2D eigenvalue weighted by atomic mass is 16.6. The van der Waals surface area contributed by atoms with Gasteiger partial charge in [-0.1, -0.05) is 12.8 Å². The molecule has 1 aliphatic rings. The molecule has 11 nitrogen and oxygen atoms in total. The Morgan fingerprint density at radius 2 is 1.50 bits per heavy atom. The van der Waals surface area contributed by atoms with E-state index in [9.17, 15) is 9.59 Å². The van der Waals surface area contributed by atoms with E-state index in [2.05, 4.69) is 15.6 Å². The molecule has 46 heavy (non-hydrogen) atoms. The summed E-state index contributed by atoms with van der Waals surface area (Å²) >= 11 is 0. The maximum Gasteiger partial charge on any atom is 0.407 e. The van der Waals surface area contributed by atoms with Gasteiger partial charge in [-0.15, -0.1) is 0 Å². The third kappa shape index (κ3) is 7.14. The van der Waals surface area contributed by atoms with Crippen molar-refractivity contribution in [3.05, 3.63) is 54.2 Å². The molecule has 2 aromatic heterocycles. The minimum atomic E-state index is -0.615. The first-order valence-electron chi connectivity index (χ1n) is 15.2. The van der Waals surface area contributed by atoms with Crippen molar-refractivity contribution in [1.82, 2.24) is 15.6 Å². The van der Waals surface area contributed by atoms with E-state index in [1.807, 2.05) is 51.1 Å². The lowest BCUT2D eigenvalue weighted by molar-refractivity contribution is 0.0474.